The van der Waals surface area contributed by atoms with E-state index < -0.39 is 0 Å². The maximum absolute atomic E-state index is 5.98. The van der Waals surface area contributed by atoms with Crippen LogP contribution in [-0.4, -0.2) is 24.0 Å². The first kappa shape index (κ1) is 8.63. The van der Waals surface area contributed by atoms with Crippen LogP contribution in [0.25, 0.3) is 0 Å². The van der Waals surface area contributed by atoms with E-state index in [9.17, 15) is 0 Å². The number of ether oxygens (including phenoxy) is 1. The van der Waals surface area contributed by atoms with Crippen molar-refractivity contribution in [3.8, 4) is 0 Å². The van der Waals surface area contributed by atoms with Crippen molar-refractivity contribution in [2.45, 2.75) is 36.1 Å². The van der Waals surface area contributed by atoms with Crippen LogP contribution in [0.3, 0.4) is 0 Å². The molecule has 0 saturated heterocycles. The van der Waals surface area contributed by atoms with Crippen molar-refractivity contribution < 1.29 is 4.74 Å². The Morgan fingerprint density at radius 1 is 1.30 bits per heavy atom. The molecular formula is C7H12Cl2O. The second kappa shape index (κ2) is 3.80. The lowest BCUT2D eigenvalue weighted by molar-refractivity contribution is 0.0757. The summed E-state index contributed by atoms with van der Waals surface area (Å²) in [6.45, 7) is 0. The fourth-order valence-electron chi connectivity index (χ4n) is 1.31. The normalized spacial score (nSPS) is 41.7. The first-order valence-electron chi connectivity index (χ1n) is 3.56. The average molecular weight is 183 g/mol. The Morgan fingerprint density at radius 2 is 2.00 bits per heavy atom. The number of methoxy groups -OCH3 is 1. The van der Waals surface area contributed by atoms with E-state index in [4.69, 9.17) is 27.9 Å². The summed E-state index contributed by atoms with van der Waals surface area (Å²) in [7, 11) is 1.69. The number of halogens is 2. The van der Waals surface area contributed by atoms with Crippen molar-refractivity contribution in [2.24, 2.45) is 0 Å². The van der Waals surface area contributed by atoms with Crippen LogP contribution < -0.4 is 0 Å². The summed E-state index contributed by atoms with van der Waals surface area (Å²) in [6.07, 6.45) is 3.37. The molecule has 10 heavy (non-hydrogen) atoms. The molecule has 0 bridgehead atoms. The standard InChI is InChI=1S/C7H12Cl2O/c1-10-6-4-2-3-5(8)7(6)9/h5-7H,2-4H2,1H3. The Bertz CT molecular complexity index is 108. The van der Waals surface area contributed by atoms with Gasteiger partial charge in [-0.3, -0.25) is 0 Å². The molecule has 1 saturated carbocycles. The van der Waals surface area contributed by atoms with Crippen LogP contribution in [0.5, 0.6) is 0 Å². The largest absolute Gasteiger partial charge is 0.380 e. The maximum Gasteiger partial charge on any atom is 0.0761 e. The van der Waals surface area contributed by atoms with E-state index >= 15 is 0 Å². The Kier molecular flexibility index (Phi) is 3.28. The fourth-order valence-corrected chi connectivity index (χ4v) is 1.98. The molecule has 3 atom stereocenters. The quantitative estimate of drug-likeness (QED) is 0.567. The highest BCUT2D eigenvalue weighted by atomic mass is 35.5. The monoisotopic (exact) mass is 182 g/mol. The topological polar surface area (TPSA) is 9.23 Å². The highest BCUT2D eigenvalue weighted by molar-refractivity contribution is 6.30. The first-order chi connectivity index (χ1) is 4.75. The summed E-state index contributed by atoms with van der Waals surface area (Å²) in [5.41, 5.74) is 0. The van der Waals surface area contributed by atoms with Gasteiger partial charge in [0.15, 0.2) is 0 Å². The predicted molar refractivity (Wildman–Crippen MR) is 43.9 cm³/mol. The van der Waals surface area contributed by atoms with Gasteiger partial charge in [-0.2, -0.15) is 0 Å². The number of alkyl halides is 2. The lowest BCUT2D eigenvalue weighted by Gasteiger charge is -2.29. The molecule has 1 fully saturated rings. The third-order valence-electron chi connectivity index (χ3n) is 1.97. The number of rotatable bonds is 1. The van der Waals surface area contributed by atoms with Crippen LogP contribution in [0.4, 0.5) is 0 Å². The molecule has 1 aliphatic rings. The van der Waals surface area contributed by atoms with Gasteiger partial charge in [-0.1, -0.05) is 0 Å². The summed E-state index contributed by atoms with van der Waals surface area (Å²) in [5.74, 6) is 0. The molecule has 0 aliphatic heterocycles. The number of hydrogen-bond donors (Lipinski definition) is 0. The molecule has 1 aliphatic carbocycles. The highest BCUT2D eigenvalue weighted by Gasteiger charge is 2.30. The van der Waals surface area contributed by atoms with Crippen molar-refractivity contribution in [3.05, 3.63) is 0 Å². The van der Waals surface area contributed by atoms with Crippen LogP contribution in [0.2, 0.25) is 0 Å². The first-order valence-corrected chi connectivity index (χ1v) is 4.44. The summed E-state index contributed by atoms with van der Waals surface area (Å²) >= 11 is 11.9. The van der Waals surface area contributed by atoms with Crippen LogP contribution in [0.15, 0.2) is 0 Å². The van der Waals surface area contributed by atoms with Gasteiger partial charge in [-0.05, 0) is 19.3 Å². The SMILES string of the molecule is COC1CCCC(Cl)C1Cl. The molecule has 0 spiro atoms. The molecule has 3 heteroatoms. The van der Waals surface area contributed by atoms with Gasteiger partial charge >= 0.3 is 0 Å². The smallest absolute Gasteiger partial charge is 0.0761 e. The molecule has 0 amide bonds. The molecule has 0 heterocycles. The van der Waals surface area contributed by atoms with Crippen molar-refractivity contribution in [1.29, 1.82) is 0 Å². The van der Waals surface area contributed by atoms with E-state index in [-0.39, 0.29) is 16.9 Å². The zero-order valence-electron chi connectivity index (χ0n) is 6.02. The lowest BCUT2D eigenvalue weighted by atomic mass is 9.97. The fraction of sp³-hybridized carbons (Fsp3) is 1.00. The molecule has 0 aromatic carbocycles. The average Bonchev–Trinajstić information content (AvgIpc) is 1.95. The number of hydrogen-bond acceptors (Lipinski definition) is 1. The molecule has 0 N–H and O–H groups in total. The van der Waals surface area contributed by atoms with Gasteiger partial charge in [0.1, 0.15) is 0 Å². The zero-order valence-corrected chi connectivity index (χ0v) is 7.53. The van der Waals surface area contributed by atoms with Gasteiger partial charge in [0.05, 0.1) is 16.9 Å². The van der Waals surface area contributed by atoms with Gasteiger partial charge < -0.3 is 4.74 Å². The van der Waals surface area contributed by atoms with E-state index in [2.05, 4.69) is 0 Å². The van der Waals surface area contributed by atoms with Crippen LogP contribution >= 0.6 is 23.2 Å². The summed E-state index contributed by atoms with van der Waals surface area (Å²) in [6, 6.07) is 0. The Hall–Kier alpha value is 0.540. The van der Waals surface area contributed by atoms with Gasteiger partial charge in [0.25, 0.3) is 0 Å². The van der Waals surface area contributed by atoms with Gasteiger partial charge in [-0.25, -0.2) is 0 Å². The molecule has 0 radical (unpaired) electrons. The van der Waals surface area contributed by atoms with Gasteiger partial charge in [-0.15, -0.1) is 23.2 Å². The Labute approximate surface area is 71.6 Å². The zero-order chi connectivity index (χ0) is 7.56. The second-order valence-electron chi connectivity index (χ2n) is 2.67. The van der Waals surface area contributed by atoms with Crippen LogP contribution in [-0.2, 0) is 4.74 Å². The van der Waals surface area contributed by atoms with Crippen molar-refractivity contribution in [1.82, 2.24) is 0 Å². The lowest BCUT2D eigenvalue weighted by Crippen LogP contribution is -2.35. The van der Waals surface area contributed by atoms with Crippen molar-refractivity contribution in [2.75, 3.05) is 7.11 Å². The van der Waals surface area contributed by atoms with E-state index in [1.54, 1.807) is 7.11 Å². The summed E-state index contributed by atoms with van der Waals surface area (Å²) < 4.78 is 5.16. The second-order valence-corrected chi connectivity index (χ2v) is 3.73. The molecule has 60 valence electrons. The Morgan fingerprint density at radius 3 is 2.50 bits per heavy atom. The molecule has 1 nitrogen and oxygen atoms in total. The predicted octanol–water partition coefficient (Wildman–Crippen LogP) is 2.40. The minimum Gasteiger partial charge on any atom is -0.380 e. The third-order valence-corrected chi connectivity index (χ3v) is 3.18. The van der Waals surface area contributed by atoms with Crippen LogP contribution in [0.1, 0.15) is 19.3 Å². The Balaban J connectivity index is 2.42. The van der Waals surface area contributed by atoms with E-state index in [0.29, 0.717) is 0 Å². The summed E-state index contributed by atoms with van der Waals surface area (Å²) in [5, 5.41) is 0.0979. The highest BCUT2D eigenvalue weighted by Crippen LogP contribution is 2.29. The van der Waals surface area contributed by atoms with Crippen molar-refractivity contribution in [3.63, 3.8) is 0 Å². The molecule has 1 rings (SSSR count). The van der Waals surface area contributed by atoms with E-state index in [0.717, 1.165) is 19.3 Å². The minimum absolute atomic E-state index is 0.000386. The molecule has 0 aromatic rings. The van der Waals surface area contributed by atoms with E-state index in [1.165, 1.54) is 0 Å². The summed E-state index contributed by atoms with van der Waals surface area (Å²) in [4.78, 5) is 0. The van der Waals surface area contributed by atoms with Gasteiger partial charge in [0.2, 0.25) is 0 Å². The van der Waals surface area contributed by atoms with Gasteiger partial charge in [0, 0.05) is 7.11 Å². The minimum atomic E-state index is 0.000386. The van der Waals surface area contributed by atoms with E-state index in [1.807, 2.05) is 0 Å². The molecule has 3 unspecified atom stereocenters. The third kappa shape index (κ3) is 1.77. The van der Waals surface area contributed by atoms with Crippen LogP contribution in [0, 0.1) is 0 Å². The molecular weight excluding hydrogens is 171 g/mol. The van der Waals surface area contributed by atoms with Crippen molar-refractivity contribution >= 4 is 23.2 Å². The molecule has 0 aromatic heterocycles. The maximum atomic E-state index is 5.98.